The minimum Gasteiger partial charge on any atom is -0.395 e. The quantitative estimate of drug-likeness (QED) is 0.144. The number of hydrogen-bond donors (Lipinski definition) is 1. The summed E-state index contributed by atoms with van der Waals surface area (Å²) in [5.74, 6) is -0.977. The summed E-state index contributed by atoms with van der Waals surface area (Å²) in [6.45, 7) is 6.23. The van der Waals surface area contributed by atoms with Gasteiger partial charge in [0.2, 0.25) is 14.3 Å². The number of hydrogen-bond acceptors (Lipinski definition) is 6. The summed E-state index contributed by atoms with van der Waals surface area (Å²) in [6, 6.07) is 24.8. The highest BCUT2D eigenvalue weighted by atomic mass is 28.4. The summed E-state index contributed by atoms with van der Waals surface area (Å²) in [4.78, 5) is 30.5. The third-order valence-corrected chi connectivity index (χ3v) is 12.4. The van der Waals surface area contributed by atoms with Crippen molar-refractivity contribution in [2.75, 3.05) is 23.0 Å². The Hall–Kier alpha value is -4.19. The minimum absolute atomic E-state index is 0.0367. The third-order valence-electron chi connectivity index (χ3n) is 9.97. The SMILES string of the molecule is C[C@@H]1[C@@H]([Si](C)(C)F)[C@H](CCn2cc(C(CO)c3ccccc3)nn2)O[C@@]12C(=O)N(c1ccccc1)c1ccc(N3CCC3=O)cc12. The molecule has 3 aliphatic heterocycles. The van der Waals surface area contributed by atoms with Crippen molar-refractivity contribution in [3.05, 3.63) is 102 Å². The molecule has 1 spiro atoms. The number of carbonyl (C=O) groups is 2. The van der Waals surface area contributed by atoms with E-state index in [-0.39, 0.29) is 24.3 Å². The van der Waals surface area contributed by atoms with Gasteiger partial charge in [-0.2, -0.15) is 0 Å². The highest BCUT2D eigenvalue weighted by molar-refractivity contribution is 6.72. The molecular weight excluding hydrogens is 602 g/mol. The van der Waals surface area contributed by atoms with Crippen molar-refractivity contribution in [2.45, 2.75) is 62.6 Å². The van der Waals surface area contributed by atoms with Crippen LogP contribution in [0.1, 0.15) is 42.5 Å². The van der Waals surface area contributed by atoms with Crippen molar-refractivity contribution in [1.82, 2.24) is 15.0 Å². The first kappa shape index (κ1) is 30.5. The van der Waals surface area contributed by atoms with Gasteiger partial charge >= 0.3 is 0 Å². The molecule has 2 saturated heterocycles. The van der Waals surface area contributed by atoms with Crippen molar-refractivity contribution in [2.24, 2.45) is 5.92 Å². The Labute approximate surface area is 268 Å². The maximum Gasteiger partial charge on any atom is 0.268 e. The van der Waals surface area contributed by atoms with Gasteiger partial charge in [0, 0.05) is 54.1 Å². The molecule has 9 nitrogen and oxygen atoms in total. The lowest BCUT2D eigenvalue weighted by Crippen LogP contribution is -2.45. The van der Waals surface area contributed by atoms with Gasteiger partial charge < -0.3 is 18.9 Å². The Morgan fingerprint density at radius 3 is 2.39 bits per heavy atom. The number of β-lactam (4-membered cyclic amide) rings is 1. The van der Waals surface area contributed by atoms with Crippen molar-refractivity contribution in [3.8, 4) is 0 Å². The first-order chi connectivity index (χ1) is 22.1. The number of halogens is 1. The molecule has 238 valence electrons. The fraction of sp³-hybridized carbons (Fsp3) is 0.371. The second kappa shape index (κ2) is 11.6. The molecule has 2 fully saturated rings. The average molecular weight is 640 g/mol. The monoisotopic (exact) mass is 639 g/mol. The standard InChI is InChI=1S/C35H38FN5O4Si/c1-23-33(46(2,3)36)31(16-18-39-21-29(37-38-39)27(22-42)24-10-6-4-7-11-24)45-35(23)28-20-26(40-19-17-32(40)43)14-15-30(28)41(34(35)44)25-12-8-5-9-13-25/h4-15,20-21,23,27,31,33,42H,16-19,22H2,1-3H3/t23-,27?,31+,33-,35+/m1/s1. The number of aliphatic hydroxyl groups excluding tert-OH is 1. The van der Waals surface area contributed by atoms with Crippen LogP contribution in [0.2, 0.25) is 18.6 Å². The van der Waals surface area contributed by atoms with Crippen molar-refractivity contribution in [3.63, 3.8) is 0 Å². The van der Waals surface area contributed by atoms with Crippen LogP contribution >= 0.6 is 0 Å². The number of fused-ring (bicyclic) bond motifs is 2. The Kier molecular flexibility index (Phi) is 7.65. The number of para-hydroxylation sites is 1. The van der Waals surface area contributed by atoms with E-state index in [1.165, 1.54) is 0 Å². The Bertz CT molecular complexity index is 1760. The second-order valence-electron chi connectivity index (χ2n) is 13.1. The van der Waals surface area contributed by atoms with Gasteiger partial charge in [-0.15, -0.1) is 5.10 Å². The number of anilines is 3. The molecule has 3 aliphatic rings. The van der Waals surface area contributed by atoms with Crippen LogP contribution in [0, 0.1) is 5.92 Å². The van der Waals surface area contributed by atoms with Gasteiger partial charge in [-0.3, -0.25) is 19.2 Å². The summed E-state index contributed by atoms with van der Waals surface area (Å²) < 4.78 is 25.0. The second-order valence-corrected chi connectivity index (χ2v) is 16.9. The van der Waals surface area contributed by atoms with Gasteiger partial charge in [0.1, 0.15) is 0 Å². The van der Waals surface area contributed by atoms with E-state index in [4.69, 9.17) is 4.74 Å². The number of aliphatic hydroxyl groups is 1. The lowest BCUT2D eigenvalue weighted by molar-refractivity contribution is -0.145. The van der Waals surface area contributed by atoms with Crippen LogP contribution in [0.4, 0.5) is 21.2 Å². The molecule has 11 heteroatoms. The molecule has 0 radical (unpaired) electrons. The predicted octanol–water partition coefficient (Wildman–Crippen LogP) is 5.68. The highest BCUT2D eigenvalue weighted by Gasteiger charge is 2.67. The molecule has 2 amide bonds. The summed E-state index contributed by atoms with van der Waals surface area (Å²) in [5.41, 5.74) is 2.49. The van der Waals surface area contributed by atoms with Gasteiger partial charge in [0.05, 0.1) is 30.0 Å². The lowest BCUT2D eigenvalue weighted by atomic mass is 9.82. The summed E-state index contributed by atoms with van der Waals surface area (Å²) in [6.07, 6.45) is 2.18. The van der Waals surface area contributed by atoms with Gasteiger partial charge in [-0.1, -0.05) is 60.7 Å². The van der Waals surface area contributed by atoms with Crippen LogP contribution in [-0.2, 0) is 26.5 Å². The van der Waals surface area contributed by atoms with E-state index in [2.05, 4.69) is 10.3 Å². The number of benzene rings is 3. The maximum absolute atomic E-state index is 16.4. The Morgan fingerprint density at radius 2 is 1.76 bits per heavy atom. The summed E-state index contributed by atoms with van der Waals surface area (Å²) in [5, 5.41) is 18.8. The van der Waals surface area contributed by atoms with E-state index >= 15 is 4.11 Å². The first-order valence-electron chi connectivity index (χ1n) is 15.9. The Morgan fingerprint density at radius 1 is 1.04 bits per heavy atom. The number of carbonyl (C=O) groups excluding carboxylic acids is 2. The third kappa shape index (κ3) is 4.88. The molecule has 0 bridgehead atoms. The van der Waals surface area contributed by atoms with Crippen LogP contribution in [0.25, 0.3) is 0 Å². The number of aromatic nitrogens is 3. The molecule has 7 rings (SSSR count). The van der Waals surface area contributed by atoms with Crippen LogP contribution in [0.5, 0.6) is 0 Å². The number of ether oxygens (including phenoxy) is 1. The van der Waals surface area contributed by atoms with Gasteiger partial charge in [-0.25, -0.2) is 0 Å². The number of amides is 2. The van der Waals surface area contributed by atoms with Gasteiger partial charge in [-0.05, 0) is 55.4 Å². The number of nitrogens with zero attached hydrogens (tertiary/aromatic N) is 5. The summed E-state index contributed by atoms with van der Waals surface area (Å²) >= 11 is 0. The minimum atomic E-state index is -3.38. The van der Waals surface area contributed by atoms with E-state index in [9.17, 15) is 14.7 Å². The van der Waals surface area contributed by atoms with Gasteiger partial charge in [0.15, 0.2) is 5.60 Å². The molecule has 0 aliphatic carbocycles. The van der Waals surface area contributed by atoms with Crippen molar-refractivity contribution >= 4 is 37.3 Å². The van der Waals surface area contributed by atoms with Gasteiger partial charge in [0.25, 0.3) is 5.91 Å². The zero-order valence-electron chi connectivity index (χ0n) is 26.2. The van der Waals surface area contributed by atoms with E-state index in [1.807, 2.05) is 92.0 Å². The molecule has 1 aromatic heterocycles. The topological polar surface area (TPSA) is 101 Å². The lowest BCUT2D eigenvalue weighted by Gasteiger charge is -2.33. The molecule has 4 aromatic rings. The largest absolute Gasteiger partial charge is 0.395 e. The van der Waals surface area contributed by atoms with Crippen molar-refractivity contribution < 1.29 is 23.5 Å². The van der Waals surface area contributed by atoms with Crippen molar-refractivity contribution in [1.29, 1.82) is 0 Å². The first-order valence-corrected chi connectivity index (χ1v) is 18.9. The van der Waals surface area contributed by atoms with Crippen LogP contribution in [0.3, 0.4) is 0 Å². The van der Waals surface area contributed by atoms with Crippen LogP contribution < -0.4 is 9.80 Å². The number of aryl methyl sites for hydroxylation is 1. The van der Waals surface area contributed by atoms with E-state index < -0.39 is 31.6 Å². The molecule has 3 aromatic carbocycles. The highest BCUT2D eigenvalue weighted by Crippen LogP contribution is 2.61. The van der Waals surface area contributed by atoms with E-state index in [1.54, 1.807) is 27.6 Å². The van der Waals surface area contributed by atoms with E-state index in [0.717, 1.165) is 11.3 Å². The van der Waals surface area contributed by atoms with Crippen LogP contribution in [0.15, 0.2) is 85.1 Å². The average Bonchev–Trinajstić information content (AvgIpc) is 3.70. The molecule has 4 heterocycles. The molecule has 1 unspecified atom stereocenters. The fourth-order valence-corrected chi connectivity index (χ4v) is 10.3. The number of rotatable bonds is 9. The molecule has 46 heavy (non-hydrogen) atoms. The molecule has 1 N–H and O–H groups in total. The zero-order valence-corrected chi connectivity index (χ0v) is 27.2. The molecule has 5 atom stereocenters. The molecule has 0 saturated carbocycles. The molecular formula is C35H38FN5O4Si. The van der Waals surface area contributed by atoms with E-state index in [0.29, 0.717) is 48.6 Å². The zero-order chi connectivity index (χ0) is 32.2. The fourth-order valence-electron chi connectivity index (χ4n) is 7.72. The predicted molar refractivity (Wildman–Crippen MR) is 175 cm³/mol. The maximum atomic E-state index is 16.4. The van der Waals surface area contributed by atoms with Crippen LogP contribution in [-0.4, -0.2) is 59.6 Å². The summed E-state index contributed by atoms with van der Waals surface area (Å²) in [7, 11) is -3.38. The smallest absolute Gasteiger partial charge is 0.268 e. The normalized spacial score (nSPS) is 24.8. The Balaban J connectivity index is 1.23.